The van der Waals surface area contributed by atoms with Crippen molar-refractivity contribution >= 4 is 6.15 Å². The molecule has 22 valence electrons. The maximum absolute atomic E-state index is 8.12. The Bertz CT molecular complexity index is 27.0. The van der Waals surface area contributed by atoms with Gasteiger partial charge in [0, 0.05) is 17.4 Å². The van der Waals surface area contributed by atoms with Crippen LogP contribution in [0.25, 0.3) is 0 Å². The molecule has 0 radical (unpaired) electrons. The summed E-state index contributed by atoms with van der Waals surface area (Å²) >= 11 is 0. The van der Waals surface area contributed by atoms with E-state index in [0.717, 1.165) is 0 Å². The Morgan fingerprint density at radius 3 is 1.25 bits per heavy atom. The van der Waals surface area contributed by atoms with Crippen molar-refractivity contribution in [3.63, 3.8) is 0 Å². The molecule has 0 unspecified atom stereocenters. The smallest absolute Gasteiger partial charge is 0.186 e. The average Bonchev–Trinajstić information content (AvgIpc) is 0.918. The predicted octanol–water partition coefficient (Wildman–Crippen LogP) is -0.586. The van der Waals surface area contributed by atoms with Crippen LogP contribution in [0.3, 0.4) is 0 Å². The summed E-state index contributed by atoms with van der Waals surface area (Å²) in [6.45, 7) is 0. The Morgan fingerprint density at radius 1 is 1.25 bits per heavy atom. The minimum absolute atomic E-state index is 0. The number of hydrogen-bond donors (Lipinski definition) is 0. The van der Waals surface area contributed by atoms with E-state index in [1.54, 1.807) is 0 Å². The van der Waals surface area contributed by atoms with Gasteiger partial charge in [-0.05, 0) is 0 Å². The summed E-state index contributed by atoms with van der Waals surface area (Å²) < 4.78 is 0. The Kier molecular flexibility index (Phi) is 29.0. The second-order valence-corrected chi connectivity index (χ2v) is 0.0833. The van der Waals surface area contributed by atoms with E-state index in [1.165, 1.54) is 0 Å². The largest absolute Gasteiger partial charge is 0.373 e. The third-order valence-corrected chi connectivity index (χ3v) is 0. The molecule has 0 amide bonds. The molecule has 0 heterocycles. The van der Waals surface area contributed by atoms with Gasteiger partial charge in [0.15, 0.2) is 0 Å². The molecule has 0 fully saturated rings. The van der Waals surface area contributed by atoms with E-state index < -0.39 is 0 Å². The zero-order valence-corrected chi connectivity index (χ0v) is 3.00. The molecule has 0 rings (SSSR count). The molecule has 0 aliphatic rings. The molecule has 0 aromatic carbocycles. The monoisotopic (exact) mass is 95.9 g/mol. The summed E-state index contributed by atoms with van der Waals surface area (Å²) in [5, 5.41) is 0. The van der Waals surface area contributed by atoms with Crippen molar-refractivity contribution in [2.45, 2.75) is 0 Å². The van der Waals surface area contributed by atoms with Gasteiger partial charge in [-0.1, -0.05) is 0 Å². The first kappa shape index (κ1) is 9.07. The van der Waals surface area contributed by atoms with E-state index in [1.807, 2.05) is 0 Å². The van der Waals surface area contributed by atoms with Gasteiger partial charge in [0.2, 0.25) is 0 Å². The molecule has 2 nitrogen and oxygen atoms in total. The van der Waals surface area contributed by atoms with Crippen molar-refractivity contribution in [2.75, 3.05) is 0 Å². The molecule has 0 spiro atoms. The van der Waals surface area contributed by atoms with E-state index in [2.05, 4.69) is 0 Å². The number of carbonyl (C=O) groups excluding carboxylic acids is 2. The SMILES string of the molecule is O=C=O.[Cr]. The second kappa shape index (κ2) is 12.8. The van der Waals surface area contributed by atoms with Crippen LogP contribution in [-0.2, 0) is 27.0 Å². The first-order valence-electron chi connectivity index (χ1n) is 0.408. The van der Waals surface area contributed by atoms with Crippen LogP contribution >= 0.6 is 0 Å². The molecule has 0 saturated heterocycles. The van der Waals surface area contributed by atoms with Crippen LogP contribution in [0.15, 0.2) is 0 Å². The summed E-state index contributed by atoms with van der Waals surface area (Å²) in [6.07, 6.45) is 0.250. The molecule has 0 aliphatic heterocycles. The summed E-state index contributed by atoms with van der Waals surface area (Å²) in [4.78, 5) is 16.2. The minimum atomic E-state index is 0. The molecule has 0 saturated carbocycles. The van der Waals surface area contributed by atoms with Gasteiger partial charge in [0.1, 0.15) is 0 Å². The van der Waals surface area contributed by atoms with Crippen LogP contribution in [0.2, 0.25) is 0 Å². The molecule has 3 heteroatoms. The molecule has 4 heavy (non-hydrogen) atoms. The average molecular weight is 96.0 g/mol. The van der Waals surface area contributed by atoms with Crippen LogP contribution in [0, 0.1) is 0 Å². The first-order chi connectivity index (χ1) is 1.41. The van der Waals surface area contributed by atoms with Gasteiger partial charge >= 0.3 is 6.15 Å². The Hall–Kier alpha value is -0.0875. The standard InChI is InChI=1S/CO2.Cr/c2-1-3;. The fourth-order valence-electron chi connectivity index (χ4n) is 0. The Labute approximate surface area is 33.9 Å². The van der Waals surface area contributed by atoms with Crippen LogP contribution in [-0.4, -0.2) is 6.15 Å². The van der Waals surface area contributed by atoms with Gasteiger partial charge in [-0.15, -0.1) is 0 Å². The summed E-state index contributed by atoms with van der Waals surface area (Å²) in [5.41, 5.74) is 0. The third-order valence-electron chi connectivity index (χ3n) is 0. The van der Waals surface area contributed by atoms with Gasteiger partial charge in [-0.2, -0.15) is 9.59 Å². The molecular formula is CCrO2. The zero-order chi connectivity index (χ0) is 2.71. The molecule has 0 bridgehead atoms. The van der Waals surface area contributed by atoms with E-state index in [0.29, 0.717) is 0 Å². The van der Waals surface area contributed by atoms with Gasteiger partial charge in [0.05, 0.1) is 0 Å². The second-order valence-electron chi connectivity index (χ2n) is 0.0833. The molecule has 0 aliphatic carbocycles. The third kappa shape index (κ3) is 208. The van der Waals surface area contributed by atoms with Gasteiger partial charge in [-0.25, -0.2) is 0 Å². The Morgan fingerprint density at radius 2 is 1.25 bits per heavy atom. The van der Waals surface area contributed by atoms with E-state index in [4.69, 9.17) is 9.59 Å². The van der Waals surface area contributed by atoms with Crippen molar-refractivity contribution in [3.05, 3.63) is 0 Å². The maximum atomic E-state index is 8.12. The van der Waals surface area contributed by atoms with Crippen LogP contribution < -0.4 is 0 Å². The maximum Gasteiger partial charge on any atom is 0.373 e. The fraction of sp³-hybridized carbons (Fsp3) is 0. The van der Waals surface area contributed by atoms with E-state index >= 15 is 0 Å². The quantitative estimate of drug-likeness (QED) is 0.404. The Balaban J connectivity index is 0. The fourth-order valence-corrected chi connectivity index (χ4v) is 0. The summed E-state index contributed by atoms with van der Waals surface area (Å²) in [7, 11) is 0. The molecule has 0 aromatic heterocycles. The number of hydrogen-bond acceptors (Lipinski definition) is 2. The molecule has 0 aromatic rings. The summed E-state index contributed by atoms with van der Waals surface area (Å²) in [5.74, 6) is 0. The van der Waals surface area contributed by atoms with Crippen molar-refractivity contribution in [2.24, 2.45) is 0 Å². The van der Waals surface area contributed by atoms with E-state index in [-0.39, 0.29) is 23.5 Å². The summed E-state index contributed by atoms with van der Waals surface area (Å²) in [6, 6.07) is 0. The van der Waals surface area contributed by atoms with Gasteiger partial charge in [0.25, 0.3) is 0 Å². The van der Waals surface area contributed by atoms with Crippen molar-refractivity contribution < 1.29 is 27.0 Å². The van der Waals surface area contributed by atoms with Gasteiger partial charge in [-0.3, -0.25) is 0 Å². The normalized spacial score (nSPS) is 2.00. The predicted molar refractivity (Wildman–Crippen MR) is 5.01 cm³/mol. The van der Waals surface area contributed by atoms with E-state index in [9.17, 15) is 0 Å². The van der Waals surface area contributed by atoms with Gasteiger partial charge < -0.3 is 0 Å². The molecule has 0 atom stereocenters. The van der Waals surface area contributed by atoms with Crippen LogP contribution in [0.5, 0.6) is 0 Å². The van der Waals surface area contributed by atoms with Crippen LogP contribution in [0.4, 0.5) is 0 Å². The van der Waals surface area contributed by atoms with Crippen molar-refractivity contribution in [3.8, 4) is 0 Å². The molecule has 0 N–H and O–H groups in total. The number of rotatable bonds is 0. The van der Waals surface area contributed by atoms with Crippen molar-refractivity contribution in [1.29, 1.82) is 0 Å². The first-order valence-corrected chi connectivity index (χ1v) is 0.408. The molecular weight excluding hydrogens is 96.0 g/mol. The minimum Gasteiger partial charge on any atom is -0.186 e. The topological polar surface area (TPSA) is 34.1 Å². The van der Waals surface area contributed by atoms with Crippen molar-refractivity contribution in [1.82, 2.24) is 0 Å². The zero-order valence-electron chi connectivity index (χ0n) is 1.72. The van der Waals surface area contributed by atoms with Crippen LogP contribution in [0.1, 0.15) is 0 Å².